The minimum atomic E-state index is -0.00373. The summed E-state index contributed by atoms with van der Waals surface area (Å²) in [4.78, 5) is 13.9. The molecule has 1 aliphatic heterocycles. The topological polar surface area (TPSA) is 67.6 Å². The second kappa shape index (κ2) is 7.63. The van der Waals surface area contributed by atoms with E-state index in [0.29, 0.717) is 12.6 Å². The first kappa shape index (κ1) is 14.4. The second-order valence-electron chi connectivity index (χ2n) is 4.83. The van der Waals surface area contributed by atoms with Crippen LogP contribution in [0.4, 0.5) is 0 Å². The van der Waals surface area contributed by atoms with Gasteiger partial charge in [-0.3, -0.25) is 4.79 Å². The van der Waals surface area contributed by atoms with Gasteiger partial charge in [-0.1, -0.05) is 0 Å². The zero-order chi connectivity index (χ0) is 12.7. The lowest BCUT2D eigenvalue weighted by molar-refractivity contribution is -0.128. The lowest BCUT2D eigenvalue weighted by Crippen LogP contribution is -2.46. The van der Waals surface area contributed by atoms with Crippen molar-refractivity contribution in [1.29, 1.82) is 0 Å². The van der Waals surface area contributed by atoms with Gasteiger partial charge in [0.2, 0.25) is 5.91 Å². The molecule has 5 heteroatoms. The fourth-order valence-corrected chi connectivity index (χ4v) is 2.00. The maximum absolute atomic E-state index is 11.6. The average molecular weight is 243 g/mol. The minimum absolute atomic E-state index is 0.00373. The van der Waals surface area contributed by atoms with Gasteiger partial charge in [0.15, 0.2) is 0 Å². The molecule has 0 aliphatic carbocycles. The summed E-state index contributed by atoms with van der Waals surface area (Å²) < 4.78 is 5.27. The molecule has 0 aromatic rings. The number of nitrogens with one attached hydrogen (secondary N) is 1. The highest BCUT2D eigenvalue weighted by atomic mass is 16.5. The molecule has 0 aromatic heterocycles. The van der Waals surface area contributed by atoms with Crippen LogP contribution in [0.3, 0.4) is 0 Å². The van der Waals surface area contributed by atoms with Crippen LogP contribution in [0.1, 0.15) is 26.7 Å². The SMILES string of the molecule is CC(C)OCC(=O)NC1CCN(CCN)CC1. The van der Waals surface area contributed by atoms with Gasteiger partial charge in [0.05, 0.1) is 6.10 Å². The maximum atomic E-state index is 11.6. The van der Waals surface area contributed by atoms with E-state index in [-0.39, 0.29) is 18.6 Å². The number of nitrogens with two attached hydrogens (primary N) is 1. The van der Waals surface area contributed by atoms with Crippen molar-refractivity contribution in [2.75, 3.05) is 32.8 Å². The molecular weight excluding hydrogens is 218 g/mol. The molecule has 0 bridgehead atoms. The Morgan fingerprint density at radius 3 is 2.65 bits per heavy atom. The molecule has 100 valence electrons. The molecule has 1 amide bonds. The van der Waals surface area contributed by atoms with Crippen LogP contribution in [0.25, 0.3) is 0 Å². The summed E-state index contributed by atoms with van der Waals surface area (Å²) in [7, 11) is 0. The van der Waals surface area contributed by atoms with Gasteiger partial charge in [-0.2, -0.15) is 0 Å². The minimum Gasteiger partial charge on any atom is -0.369 e. The molecule has 1 aliphatic rings. The van der Waals surface area contributed by atoms with Crippen molar-refractivity contribution in [3.63, 3.8) is 0 Å². The number of hydrogen-bond acceptors (Lipinski definition) is 4. The number of rotatable bonds is 6. The smallest absolute Gasteiger partial charge is 0.246 e. The Morgan fingerprint density at radius 2 is 2.12 bits per heavy atom. The van der Waals surface area contributed by atoms with Gasteiger partial charge in [-0.15, -0.1) is 0 Å². The van der Waals surface area contributed by atoms with E-state index < -0.39 is 0 Å². The largest absolute Gasteiger partial charge is 0.369 e. The number of piperidine rings is 1. The fraction of sp³-hybridized carbons (Fsp3) is 0.917. The number of ether oxygens (including phenoxy) is 1. The van der Waals surface area contributed by atoms with E-state index in [1.807, 2.05) is 13.8 Å². The second-order valence-corrected chi connectivity index (χ2v) is 4.83. The molecule has 5 nitrogen and oxygen atoms in total. The van der Waals surface area contributed by atoms with Crippen LogP contribution in [0.15, 0.2) is 0 Å². The lowest BCUT2D eigenvalue weighted by Gasteiger charge is -2.32. The predicted molar refractivity (Wildman–Crippen MR) is 67.7 cm³/mol. The van der Waals surface area contributed by atoms with E-state index in [1.165, 1.54) is 0 Å². The normalized spacial score (nSPS) is 18.6. The van der Waals surface area contributed by atoms with Crippen molar-refractivity contribution in [1.82, 2.24) is 10.2 Å². The number of likely N-dealkylation sites (tertiary alicyclic amines) is 1. The summed E-state index contributed by atoms with van der Waals surface area (Å²) in [6.45, 7) is 7.73. The number of nitrogens with zero attached hydrogens (tertiary/aromatic N) is 1. The average Bonchev–Trinajstić information content (AvgIpc) is 2.29. The summed E-state index contributed by atoms with van der Waals surface area (Å²) in [6, 6.07) is 0.298. The van der Waals surface area contributed by atoms with Crippen molar-refractivity contribution < 1.29 is 9.53 Å². The van der Waals surface area contributed by atoms with Crippen molar-refractivity contribution >= 4 is 5.91 Å². The van der Waals surface area contributed by atoms with E-state index in [2.05, 4.69) is 10.2 Å². The number of amides is 1. The van der Waals surface area contributed by atoms with Gasteiger partial charge in [-0.25, -0.2) is 0 Å². The molecule has 1 fully saturated rings. The highest BCUT2D eigenvalue weighted by Crippen LogP contribution is 2.09. The molecule has 17 heavy (non-hydrogen) atoms. The summed E-state index contributed by atoms with van der Waals surface area (Å²) >= 11 is 0. The molecule has 1 rings (SSSR count). The highest BCUT2D eigenvalue weighted by molar-refractivity contribution is 5.77. The van der Waals surface area contributed by atoms with Gasteiger partial charge in [0.25, 0.3) is 0 Å². The van der Waals surface area contributed by atoms with Crippen LogP contribution in [-0.4, -0.2) is 55.7 Å². The van der Waals surface area contributed by atoms with Crippen LogP contribution in [-0.2, 0) is 9.53 Å². The third-order valence-corrected chi connectivity index (χ3v) is 2.95. The molecule has 1 saturated heterocycles. The summed E-state index contributed by atoms with van der Waals surface area (Å²) in [5.74, 6) is -0.00373. The Labute approximate surface area is 104 Å². The van der Waals surface area contributed by atoms with E-state index in [0.717, 1.165) is 32.5 Å². The van der Waals surface area contributed by atoms with Gasteiger partial charge in [0.1, 0.15) is 6.61 Å². The van der Waals surface area contributed by atoms with Gasteiger partial charge < -0.3 is 20.7 Å². The molecule has 0 unspecified atom stereocenters. The molecule has 0 atom stereocenters. The van der Waals surface area contributed by atoms with E-state index in [4.69, 9.17) is 10.5 Å². The van der Waals surface area contributed by atoms with Crippen molar-refractivity contribution in [3.05, 3.63) is 0 Å². The van der Waals surface area contributed by atoms with E-state index >= 15 is 0 Å². The van der Waals surface area contributed by atoms with Gasteiger partial charge in [0, 0.05) is 32.2 Å². The Balaban J connectivity index is 2.14. The fourth-order valence-electron chi connectivity index (χ4n) is 2.00. The molecule has 3 N–H and O–H groups in total. The van der Waals surface area contributed by atoms with Crippen molar-refractivity contribution in [3.8, 4) is 0 Å². The third-order valence-electron chi connectivity index (χ3n) is 2.95. The Kier molecular flexibility index (Phi) is 6.47. The first-order valence-corrected chi connectivity index (χ1v) is 6.45. The summed E-state index contributed by atoms with van der Waals surface area (Å²) in [5, 5.41) is 3.02. The van der Waals surface area contributed by atoms with Crippen LogP contribution >= 0.6 is 0 Å². The van der Waals surface area contributed by atoms with Crippen LogP contribution in [0, 0.1) is 0 Å². The lowest BCUT2D eigenvalue weighted by atomic mass is 10.1. The molecule has 0 spiro atoms. The Bertz CT molecular complexity index is 226. The number of carbonyl (C=O) groups is 1. The highest BCUT2D eigenvalue weighted by Gasteiger charge is 2.19. The Morgan fingerprint density at radius 1 is 1.47 bits per heavy atom. The molecular formula is C12H25N3O2. The number of carbonyl (C=O) groups excluding carboxylic acids is 1. The summed E-state index contributed by atoms with van der Waals surface area (Å²) in [5.41, 5.74) is 5.51. The maximum Gasteiger partial charge on any atom is 0.246 e. The molecule has 0 aromatic carbocycles. The quantitative estimate of drug-likeness (QED) is 0.686. The monoisotopic (exact) mass is 243 g/mol. The number of hydrogen-bond donors (Lipinski definition) is 2. The van der Waals surface area contributed by atoms with Gasteiger partial charge >= 0.3 is 0 Å². The van der Waals surface area contributed by atoms with Crippen molar-refractivity contribution in [2.24, 2.45) is 5.73 Å². The van der Waals surface area contributed by atoms with Crippen LogP contribution in [0.5, 0.6) is 0 Å². The first-order valence-electron chi connectivity index (χ1n) is 6.45. The zero-order valence-corrected chi connectivity index (χ0v) is 10.9. The standard InChI is InChI=1S/C12H25N3O2/c1-10(2)17-9-12(16)14-11-3-6-15(7-4-11)8-5-13/h10-11H,3-9,13H2,1-2H3,(H,14,16). The molecule has 0 saturated carbocycles. The van der Waals surface area contributed by atoms with E-state index in [1.54, 1.807) is 0 Å². The van der Waals surface area contributed by atoms with Gasteiger partial charge in [-0.05, 0) is 26.7 Å². The zero-order valence-electron chi connectivity index (χ0n) is 10.9. The van der Waals surface area contributed by atoms with Crippen LogP contribution in [0.2, 0.25) is 0 Å². The van der Waals surface area contributed by atoms with Crippen LogP contribution < -0.4 is 11.1 Å². The van der Waals surface area contributed by atoms with E-state index in [9.17, 15) is 4.79 Å². The molecule has 0 radical (unpaired) electrons. The third kappa shape index (κ3) is 6.00. The van der Waals surface area contributed by atoms with Crippen molar-refractivity contribution in [2.45, 2.75) is 38.8 Å². The Hall–Kier alpha value is -0.650. The first-order chi connectivity index (χ1) is 8.11. The molecule has 1 heterocycles. The summed E-state index contributed by atoms with van der Waals surface area (Å²) in [6.07, 6.45) is 2.12. The predicted octanol–water partition coefficient (Wildman–Crippen LogP) is -0.0493.